The molecule has 1 rings (SSSR count). The van der Waals surface area contributed by atoms with Gasteiger partial charge >= 0.3 is 5.97 Å². The van der Waals surface area contributed by atoms with Crippen molar-refractivity contribution in [2.24, 2.45) is 0 Å². The van der Waals surface area contributed by atoms with Crippen molar-refractivity contribution in [1.82, 2.24) is 0 Å². The van der Waals surface area contributed by atoms with Gasteiger partial charge in [-0.1, -0.05) is 42.5 Å². The Kier molecular flexibility index (Phi) is 4.71. The van der Waals surface area contributed by atoms with Gasteiger partial charge in [0, 0.05) is 0 Å². The largest absolute Gasteiger partial charge is 0.457 e. The normalized spacial score (nSPS) is 10.5. The van der Waals surface area contributed by atoms with Gasteiger partial charge in [0.1, 0.15) is 18.2 Å². The molecule has 0 bridgehead atoms. The first-order valence-corrected chi connectivity index (χ1v) is 5.14. The van der Waals surface area contributed by atoms with E-state index in [4.69, 9.17) is 10.00 Å². The Bertz CT molecular complexity index is 478. The molecule has 1 aromatic carbocycles. The molecule has 0 fully saturated rings. The van der Waals surface area contributed by atoms with E-state index in [9.17, 15) is 4.79 Å². The quantitative estimate of drug-likeness (QED) is 0.344. The van der Waals surface area contributed by atoms with Crippen LogP contribution in [-0.2, 0) is 9.53 Å². The van der Waals surface area contributed by atoms with Gasteiger partial charge in [-0.05, 0) is 18.6 Å². The molecule has 0 aromatic heterocycles. The van der Waals surface area contributed by atoms with Crippen LogP contribution in [0.3, 0.4) is 0 Å². The SMILES string of the molecule is C=CCOC(=O)/C(C#N)=C\c1ccc(C)cc1. The lowest BCUT2D eigenvalue weighted by Crippen LogP contribution is -2.06. The van der Waals surface area contributed by atoms with Gasteiger partial charge in [0.05, 0.1) is 0 Å². The predicted molar refractivity (Wildman–Crippen MR) is 65.9 cm³/mol. The second-order valence-corrected chi connectivity index (χ2v) is 3.47. The minimum absolute atomic E-state index is 0.0179. The van der Waals surface area contributed by atoms with Crippen LogP contribution in [-0.4, -0.2) is 12.6 Å². The van der Waals surface area contributed by atoms with Gasteiger partial charge in [-0.25, -0.2) is 4.79 Å². The molecule has 0 atom stereocenters. The van der Waals surface area contributed by atoms with Crippen LogP contribution in [0.15, 0.2) is 42.5 Å². The molecule has 0 aliphatic heterocycles. The van der Waals surface area contributed by atoms with E-state index in [0.717, 1.165) is 11.1 Å². The van der Waals surface area contributed by atoms with E-state index in [1.807, 2.05) is 37.3 Å². The fraction of sp³-hybridized carbons (Fsp3) is 0.143. The molecule has 0 spiro atoms. The minimum atomic E-state index is -0.632. The van der Waals surface area contributed by atoms with Crippen LogP contribution in [0.4, 0.5) is 0 Å². The number of nitriles is 1. The van der Waals surface area contributed by atoms with E-state index in [1.165, 1.54) is 12.2 Å². The summed E-state index contributed by atoms with van der Waals surface area (Å²) in [6, 6.07) is 9.33. The summed E-state index contributed by atoms with van der Waals surface area (Å²) in [6.45, 7) is 5.50. The maximum atomic E-state index is 11.4. The summed E-state index contributed by atoms with van der Waals surface area (Å²) in [7, 11) is 0. The Morgan fingerprint density at radius 2 is 2.12 bits per heavy atom. The first-order chi connectivity index (χ1) is 8.17. The molecule has 0 amide bonds. The highest BCUT2D eigenvalue weighted by atomic mass is 16.5. The van der Waals surface area contributed by atoms with Crippen molar-refractivity contribution in [3.63, 3.8) is 0 Å². The summed E-state index contributed by atoms with van der Waals surface area (Å²) in [5, 5.41) is 8.87. The number of ether oxygens (including phenoxy) is 1. The fourth-order valence-electron chi connectivity index (χ4n) is 1.18. The van der Waals surface area contributed by atoms with Crippen LogP contribution in [0.2, 0.25) is 0 Å². The average Bonchev–Trinajstić information content (AvgIpc) is 2.35. The predicted octanol–water partition coefficient (Wildman–Crippen LogP) is 2.63. The van der Waals surface area contributed by atoms with Crippen LogP contribution in [0, 0.1) is 18.3 Å². The molecular formula is C14H13NO2. The van der Waals surface area contributed by atoms with Crippen molar-refractivity contribution in [2.75, 3.05) is 6.61 Å². The van der Waals surface area contributed by atoms with Gasteiger partial charge in [0.2, 0.25) is 0 Å². The average molecular weight is 227 g/mol. The molecule has 86 valence electrons. The fourth-order valence-corrected chi connectivity index (χ4v) is 1.18. The molecule has 0 saturated carbocycles. The van der Waals surface area contributed by atoms with Crippen molar-refractivity contribution in [2.45, 2.75) is 6.92 Å². The zero-order valence-electron chi connectivity index (χ0n) is 9.64. The number of nitrogens with zero attached hydrogens (tertiary/aromatic N) is 1. The van der Waals surface area contributed by atoms with Gasteiger partial charge < -0.3 is 4.74 Å². The molecule has 0 aliphatic carbocycles. The Morgan fingerprint density at radius 3 is 2.65 bits per heavy atom. The Balaban J connectivity index is 2.87. The number of rotatable bonds is 4. The smallest absolute Gasteiger partial charge is 0.349 e. The molecule has 0 unspecified atom stereocenters. The molecule has 3 nitrogen and oxygen atoms in total. The summed E-state index contributed by atoms with van der Waals surface area (Å²) in [6.07, 6.45) is 2.96. The third-order valence-corrected chi connectivity index (χ3v) is 2.06. The van der Waals surface area contributed by atoms with Gasteiger partial charge in [-0.15, -0.1) is 0 Å². The zero-order valence-corrected chi connectivity index (χ0v) is 9.64. The summed E-state index contributed by atoms with van der Waals surface area (Å²) < 4.78 is 4.79. The van der Waals surface area contributed by atoms with Crippen LogP contribution < -0.4 is 0 Å². The van der Waals surface area contributed by atoms with E-state index < -0.39 is 5.97 Å². The summed E-state index contributed by atoms with van der Waals surface area (Å²) in [4.78, 5) is 11.4. The van der Waals surface area contributed by atoms with E-state index >= 15 is 0 Å². The van der Waals surface area contributed by atoms with Crippen molar-refractivity contribution in [3.05, 3.63) is 53.6 Å². The number of aryl methyl sites for hydroxylation is 1. The second-order valence-electron chi connectivity index (χ2n) is 3.47. The topological polar surface area (TPSA) is 50.1 Å². The summed E-state index contributed by atoms with van der Waals surface area (Å²) in [5.74, 6) is -0.632. The van der Waals surface area contributed by atoms with Crippen LogP contribution >= 0.6 is 0 Å². The van der Waals surface area contributed by atoms with Gasteiger partial charge in [0.15, 0.2) is 0 Å². The first-order valence-electron chi connectivity index (χ1n) is 5.14. The Labute approximate surface area is 101 Å². The van der Waals surface area contributed by atoms with Gasteiger partial charge in [0.25, 0.3) is 0 Å². The molecule has 0 heterocycles. The van der Waals surface area contributed by atoms with Crippen molar-refractivity contribution < 1.29 is 9.53 Å². The number of hydrogen-bond donors (Lipinski definition) is 0. The van der Waals surface area contributed by atoms with Crippen LogP contribution in [0.1, 0.15) is 11.1 Å². The third kappa shape index (κ3) is 3.96. The number of hydrogen-bond acceptors (Lipinski definition) is 3. The highest BCUT2D eigenvalue weighted by Crippen LogP contribution is 2.09. The van der Waals surface area contributed by atoms with Crippen molar-refractivity contribution in [1.29, 1.82) is 5.26 Å². The molecule has 0 aliphatic rings. The van der Waals surface area contributed by atoms with E-state index in [1.54, 1.807) is 0 Å². The Hall–Kier alpha value is -2.34. The van der Waals surface area contributed by atoms with Crippen molar-refractivity contribution in [3.8, 4) is 6.07 Å². The molecular weight excluding hydrogens is 214 g/mol. The molecule has 1 aromatic rings. The standard InChI is InChI=1S/C14H13NO2/c1-3-8-17-14(16)13(10-15)9-12-6-4-11(2)5-7-12/h3-7,9H,1,8H2,2H3/b13-9-. The highest BCUT2D eigenvalue weighted by molar-refractivity contribution is 5.97. The summed E-state index contributed by atoms with van der Waals surface area (Å²) >= 11 is 0. The lowest BCUT2D eigenvalue weighted by Gasteiger charge is -2.00. The molecule has 0 N–H and O–H groups in total. The Morgan fingerprint density at radius 1 is 1.47 bits per heavy atom. The van der Waals surface area contributed by atoms with Crippen molar-refractivity contribution >= 4 is 12.0 Å². The number of esters is 1. The number of benzene rings is 1. The summed E-state index contributed by atoms with van der Waals surface area (Å²) in [5.41, 5.74) is 1.90. The van der Waals surface area contributed by atoms with Crippen LogP contribution in [0.25, 0.3) is 6.08 Å². The van der Waals surface area contributed by atoms with Crippen LogP contribution in [0.5, 0.6) is 0 Å². The van der Waals surface area contributed by atoms with Gasteiger partial charge in [-0.2, -0.15) is 5.26 Å². The lowest BCUT2D eigenvalue weighted by atomic mass is 10.1. The monoisotopic (exact) mass is 227 g/mol. The first kappa shape index (κ1) is 12.7. The molecule has 3 heteroatoms. The van der Waals surface area contributed by atoms with E-state index in [0.29, 0.717) is 0 Å². The highest BCUT2D eigenvalue weighted by Gasteiger charge is 2.09. The number of carbonyl (C=O) groups is 1. The minimum Gasteiger partial charge on any atom is -0.457 e. The second kappa shape index (κ2) is 6.29. The lowest BCUT2D eigenvalue weighted by molar-refractivity contribution is -0.137. The maximum Gasteiger partial charge on any atom is 0.349 e. The third-order valence-electron chi connectivity index (χ3n) is 2.06. The maximum absolute atomic E-state index is 11.4. The van der Waals surface area contributed by atoms with E-state index in [2.05, 4.69) is 6.58 Å². The number of carbonyl (C=O) groups excluding carboxylic acids is 1. The zero-order chi connectivity index (χ0) is 12.7. The molecule has 17 heavy (non-hydrogen) atoms. The van der Waals surface area contributed by atoms with Gasteiger partial charge in [-0.3, -0.25) is 0 Å². The molecule has 0 radical (unpaired) electrons. The molecule has 0 saturated heterocycles. The van der Waals surface area contributed by atoms with E-state index in [-0.39, 0.29) is 12.2 Å².